The number of fused-ring (bicyclic) bond motifs is 1. The average Bonchev–Trinajstić information content (AvgIpc) is 2.50. The maximum atomic E-state index is 5.71. The lowest BCUT2D eigenvalue weighted by molar-refractivity contribution is 0.171. The van der Waals surface area contributed by atoms with Crippen LogP contribution in [0.2, 0.25) is 0 Å². The maximum absolute atomic E-state index is 5.71. The molecule has 0 radical (unpaired) electrons. The van der Waals surface area contributed by atoms with Crippen molar-refractivity contribution in [1.82, 2.24) is 5.32 Å². The van der Waals surface area contributed by atoms with Crippen LogP contribution in [-0.4, -0.2) is 19.8 Å². The summed E-state index contributed by atoms with van der Waals surface area (Å²) in [6.45, 7) is 9.15. The van der Waals surface area contributed by atoms with Crippen molar-refractivity contribution in [2.45, 2.75) is 52.5 Å². The second kappa shape index (κ2) is 8.28. The molecule has 0 amide bonds. The Bertz CT molecular complexity index is 431. The summed E-state index contributed by atoms with van der Waals surface area (Å²) in [6, 6.07) is 6.79. The van der Waals surface area contributed by atoms with Crippen LogP contribution in [0.4, 0.5) is 0 Å². The minimum Gasteiger partial charge on any atom is -0.486 e. The van der Waals surface area contributed by atoms with Gasteiger partial charge < -0.3 is 14.8 Å². The van der Waals surface area contributed by atoms with Crippen LogP contribution in [-0.2, 0) is 0 Å². The smallest absolute Gasteiger partial charge is 0.161 e. The van der Waals surface area contributed by atoms with Crippen LogP contribution in [0.1, 0.15) is 58.1 Å². The van der Waals surface area contributed by atoms with Crippen LogP contribution in [0.15, 0.2) is 18.2 Å². The molecular weight excluding hydrogens is 262 g/mol. The molecule has 3 heteroatoms. The van der Waals surface area contributed by atoms with E-state index in [4.69, 9.17) is 9.47 Å². The number of hydrogen-bond donors (Lipinski definition) is 1. The summed E-state index contributed by atoms with van der Waals surface area (Å²) < 4.78 is 11.3. The normalized spacial score (nSPS) is 15.2. The third-order valence-corrected chi connectivity index (χ3v) is 3.88. The van der Waals surface area contributed by atoms with Gasteiger partial charge in [0.1, 0.15) is 13.2 Å². The Labute approximate surface area is 129 Å². The molecule has 0 aromatic heterocycles. The molecule has 1 aromatic rings. The molecule has 3 nitrogen and oxygen atoms in total. The summed E-state index contributed by atoms with van der Waals surface area (Å²) in [5, 5.41) is 3.67. The highest BCUT2D eigenvalue weighted by atomic mass is 16.6. The highest BCUT2D eigenvalue weighted by Gasteiger charge is 2.16. The van der Waals surface area contributed by atoms with E-state index in [1.54, 1.807) is 0 Å². The molecule has 1 unspecified atom stereocenters. The van der Waals surface area contributed by atoms with Crippen LogP contribution < -0.4 is 14.8 Å². The highest BCUT2D eigenvalue weighted by Crippen LogP contribution is 2.33. The summed E-state index contributed by atoms with van der Waals surface area (Å²) >= 11 is 0. The van der Waals surface area contributed by atoms with Gasteiger partial charge in [-0.2, -0.15) is 0 Å². The second-order valence-corrected chi connectivity index (χ2v) is 6.23. The Morgan fingerprint density at radius 1 is 1.10 bits per heavy atom. The quantitative estimate of drug-likeness (QED) is 0.773. The third kappa shape index (κ3) is 4.92. The Morgan fingerprint density at radius 3 is 2.57 bits per heavy atom. The first-order valence-electron chi connectivity index (χ1n) is 8.33. The minimum atomic E-state index is 0.416. The molecule has 0 saturated carbocycles. The predicted molar refractivity (Wildman–Crippen MR) is 87.2 cm³/mol. The van der Waals surface area contributed by atoms with E-state index in [1.807, 2.05) is 6.07 Å². The van der Waals surface area contributed by atoms with Crippen molar-refractivity contribution < 1.29 is 9.47 Å². The zero-order chi connectivity index (χ0) is 15.1. The molecule has 0 fully saturated rings. The fourth-order valence-electron chi connectivity index (χ4n) is 2.71. The fourth-order valence-corrected chi connectivity index (χ4v) is 2.71. The number of nitrogens with one attached hydrogen (secondary N) is 1. The molecule has 1 aliphatic heterocycles. The van der Waals surface area contributed by atoms with Crippen LogP contribution in [0.25, 0.3) is 0 Å². The zero-order valence-electron chi connectivity index (χ0n) is 13.7. The topological polar surface area (TPSA) is 30.5 Å². The average molecular weight is 291 g/mol. The lowest BCUT2D eigenvalue weighted by Crippen LogP contribution is -2.23. The van der Waals surface area contributed by atoms with E-state index in [0.29, 0.717) is 19.3 Å². The van der Waals surface area contributed by atoms with Crippen molar-refractivity contribution in [3.63, 3.8) is 0 Å². The van der Waals surface area contributed by atoms with E-state index in [0.717, 1.165) is 30.4 Å². The molecule has 1 heterocycles. The molecule has 118 valence electrons. The molecule has 1 aromatic carbocycles. The van der Waals surface area contributed by atoms with E-state index in [2.05, 4.69) is 38.2 Å². The minimum absolute atomic E-state index is 0.416. The van der Waals surface area contributed by atoms with Gasteiger partial charge in [0.15, 0.2) is 11.5 Å². The van der Waals surface area contributed by atoms with Crippen molar-refractivity contribution >= 4 is 0 Å². The number of rotatable bonds is 8. The van der Waals surface area contributed by atoms with Crippen LogP contribution in [0.5, 0.6) is 11.5 Å². The van der Waals surface area contributed by atoms with Crippen molar-refractivity contribution in [3.8, 4) is 11.5 Å². The molecule has 0 spiro atoms. The largest absolute Gasteiger partial charge is 0.486 e. The summed E-state index contributed by atoms with van der Waals surface area (Å²) in [4.78, 5) is 0. The molecule has 2 rings (SSSR count). The van der Waals surface area contributed by atoms with Crippen LogP contribution >= 0.6 is 0 Å². The molecular formula is C18H29NO2. The standard InChI is InChI=1S/C18H29NO2/c1-4-10-19-16(7-5-6-14(2)3)15-8-9-17-18(13-15)21-12-11-20-17/h8-9,13-14,16,19H,4-7,10-12H2,1-3H3. The Kier molecular flexibility index (Phi) is 6.37. The molecule has 0 saturated heterocycles. The first-order chi connectivity index (χ1) is 10.2. The summed E-state index contributed by atoms with van der Waals surface area (Å²) in [5.41, 5.74) is 1.32. The second-order valence-electron chi connectivity index (χ2n) is 6.23. The third-order valence-electron chi connectivity index (χ3n) is 3.88. The SMILES string of the molecule is CCCNC(CCCC(C)C)c1ccc2c(c1)OCCO2. The zero-order valence-corrected chi connectivity index (χ0v) is 13.7. The van der Waals surface area contributed by atoms with Crippen molar-refractivity contribution in [2.75, 3.05) is 19.8 Å². The summed E-state index contributed by atoms with van der Waals surface area (Å²) in [5.74, 6) is 2.55. The van der Waals surface area contributed by atoms with Crippen molar-refractivity contribution in [1.29, 1.82) is 0 Å². The van der Waals surface area contributed by atoms with E-state index in [9.17, 15) is 0 Å². The number of hydrogen-bond acceptors (Lipinski definition) is 3. The van der Waals surface area contributed by atoms with Gasteiger partial charge >= 0.3 is 0 Å². The van der Waals surface area contributed by atoms with Gasteiger partial charge in [-0.25, -0.2) is 0 Å². The predicted octanol–water partition coefficient (Wildman–Crippen LogP) is 4.32. The lowest BCUT2D eigenvalue weighted by Gasteiger charge is -2.23. The lowest BCUT2D eigenvalue weighted by atomic mass is 9.97. The number of benzene rings is 1. The molecule has 1 atom stereocenters. The van der Waals surface area contributed by atoms with Gasteiger partial charge in [0.05, 0.1) is 0 Å². The Hall–Kier alpha value is -1.22. The summed E-state index contributed by atoms with van der Waals surface area (Å²) in [7, 11) is 0. The number of ether oxygens (including phenoxy) is 2. The van der Waals surface area contributed by atoms with Crippen LogP contribution in [0.3, 0.4) is 0 Å². The van der Waals surface area contributed by atoms with E-state index in [-0.39, 0.29) is 0 Å². The Morgan fingerprint density at radius 2 is 1.86 bits per heavy atom. The van der Waals surface area contributed by atoms with Crippen LogP contribution in [0, 0.1) is 5.92 Å². The van der Waals surface area contributed by atoms with Crippen molar-refractivity contribution in [2.24, 2.45) is 5.92 Å². The van der Waals surface area contributed by atoms with Gasteiger partial charge in [0.25, 0.3) is 0 Å². The first-order valence-corrected chi connectivity index (χ1v) is 8.33. The van der Waals surface area contributed by atoms with Gasteiger partial charge in [-0.15, -0.1) is 0 Å². The van der Waals surface area contributed by atoms with Gasteiger partial charge in [-0.1, -0.05) is 39.7 Å². The highest BCUT2D eigenvalue weighted by molar-refractivity contribution is 5.44. The molecule has 1 aliphatic rings. The van der Waals surface area contributed by atoms with E-state index < -0.39 is 0 Å². The molecule has 0 bridgehead atoms. The molecule has 0 aliphatic carbocycles. The van der Waals surface area contributed by atoms with Crippen molar-refractivity contribution in [3.05, 3.63) is 23.8 Å². The monoisotopic (exact) mass is 291 g/mol. The Balaban J connectivity index is 2.04. The van der Waals surface area contributed by atoms with Gasteiger partial charge in [-0.05, 0) is 43.0 Å². The maximum Gasteiger partial charge on any atom is 0.161 e. The van der Waals surface area contributed by atoms with Gasteiger partial charge in [0.2, 0.25) is 0 Å². The van der Waals surface area contributed by atoms with Gasteiger partial charge in [-0.3, -0.25) is 0 Å². The van der Waals surface area contributed by atoms with E-state index in [1.165, 1.54) is 24.8 Å². The summed E-state index contributed by atoms with van der Waals surface area (Å²) in [6.07, 6.45) is 4.88. The fraction of sp³-hybridized carbons (Fsp3) is 0.667. The van der Waals surface area contributed by atoms with Gasteiger partial charge in [0, 0.05) is 6.04 Å². The van der Waals surface area contributed by atoms with E-state index >= 15 is 0 Å². The molecule has 21 heavy (non-hydrogen) atoms. The first kappa shape index (κ1) is 16.2. The molecule has 1 N–H and O–H groups in total.